The summed E-state index contributed by atoms with van der Waals surface area (Å²) in [4.78, 5) is 17.6. The van der Waals surface area contributed by atoms with Crippen molar-refractivity contribution in [2.75, 3.05) is 26.2 Å². The number of carboxylic acids is 1. The van der Waals surface area contributed by atoms with Crippen LogP contribution >= 0.6 is 0 Å². The lowest BCUT2D eigenvalue weighted by Crippen LogP contribution is -2.18. The molecule has 3 rings (SSSR count). The summed E-state index contributed by atoms with van der Waals surface area (Å²) in [5, 5.41) is 13.2. The molecular weight excluding hydrogens is 372 g/mol. The van der Waals surface area contributed by atoms with Gasteiger partial charge in [0.15, 0.2) is 17.2 Å². The lowest BCUT2D eigenvalue weighted by Gasteiger charge is -2.19. The Morgan fingerprint density at radius 1 is 1.10 bits per heavy atom. The number of pyridine rings is 1. The fourth-order valence-electron chi connectivity index (χ4n) is 3.02. The molecule has 8 nitrogen and oxygen atoms in total. The zero-order valence-corrected chi connectivity index (χ0v) is 16.9. The Morgan fingerprint density at radius 2 is 1.83 bits per heavy atom. The van der Waals surface area contributed by atoms with Crippen LogP contribution in [-0.4, -0.2) is 47.1 Å². The summed E-state index contributed by atoms with van der Waals surface area (Å²) in [5.41, 5.74) is 2.85. The van der Waals surface area contributed by atoms with Crippen LogP contribution in [0, 0.1) is 6.92 Å². The van der Waals surface area contributed by atoms with E-state index in [2.05, 4.69) is 10.1 Å². The average molecular weight is 396 g/mol. The number of rotatable bonds is 8. The Labute approximate surface area is 169 Å². The van der Waals surface area contributed by atoms with Gasteiger partial charge in [0, 0.05) is 25.5 Å². The molecule has 2 heterocycles. The molecule has 0 unspecified atom stereocenters. The molecular formula is C21H24N4O4. The second-order valence-corrected chi connectivity index (χ2v) is 6.70. The van der Waals surface area contributed by atoms with E-state index in [1.54, 1.807) is 31.2 Å². The number of carbonyl (C=O) groups is 1. The largest absolute Gasteiger partial charge is 0.493 e. The Hall–Kier alpha value is -3.55. The van der Waals surface area contributed by atoms with Crippen molar-refractivity contribution in [2.45, 2.75) is 20.0 Å². The van der Waals surface area contributed by atoms with Gasteiger partial charge in [0.05, 0.1) is 20.8 Å². The zero-order valence-electron chi connectivity index (χ0n) is 16.9. The smallest absolute Gasteiger partial charge is 0.356 e. The second-order valence-electron chi connectivity index (χ2n) is 6.70. The first kappa shape index (κ1) is 20.2. The summed E-state index contributed by atoms with van der Waals surface area (Å²) in [6.45, 7) is 2.96. The van der Waals surface area contributed by atoms with Gasteiger partial charge >= 0.3 is 5.97 Å². The molecule has 8 heteroatoms. The van der Waals surface area contributed by atoms with E-state index >= 15 is 0 Å². The highest BCUT2D eigenvalue weighted by molar-refractivity contribution is 5.85. The third-order valence-corrected chi connectivity index (χ3v) is 4.60. The third-order valence-electron chi connectivity index (χ3n) is 4.60. The molecule has 0 saturated heterocycles. The number of anilines is 1. The van der Waals surface area contributed by atoms with Crippen LogP contribution in [0.15, 0.2) is 42.6 Å². The van der Waals surface area contributed by atoms with E-state index in [0.29, 0.717) is 24.6 Å². The van der Waals surface area contributed by atoms with Crippen molar-refractivity contribution in [1.82, 2.24) is 14.8 Å². The molecule has 0 spiro atoms. The number of aromatic carboxylic acids is 1. The Bertz CT molecular complexity index is 998. The van der Waals surface area contributed by atoms with Gasteiger partial charge in [0.1, 0.15) is 5.82 Å². The minimum absolute atomic E-state index is 0.0433. The monoisotopic (exact) mass is 396 g/mol. The van der Waals surface area contributed by atoms with Gasteiger partial charge in [-0.25, -0.2) is 9.78 Å². The summed E-state index contributed by atoms with van der Waals surface area (Å²) in [7, 11) is 5.20. The van der Waals surface area contributed by atoms with Crippen LogP contribution in [0.4, 0.5) is 5.82 Å². The number of ether oxygens (including phenoxy) is 2. The van der Waals surface area contributed by atoms with Crippen LogP contribution in [0.2, 0.25) is 0 Å². The summed E-state index contributed by atoms with van der Waals surface area (Å²) < 4.78 is 12.3. The molecule has 0 radical (unpaired) electrons. The summed E-state index contributed by atoms with van der Waals surface area (Å²) in [6.07, 6.45) is 1.78. The number of carboxylic acid groups (broad SMARTS) is 1. The van der Waals surface area contributed by atoms with E-state index in [0.717, 1.165) is 22.6 Å². The molecule has 0 amide bonds. The van der Waals surface area contributed by atoms with Crippen molar-refractivity contribution >= 4 is 11.8 Å². The van der Waals surface area contributed by atoms with Crippen molar-refractivity contribution in [3.63, 3.8) is 0 Å². The van der Waals surface area contributed by atoms with Gasteiger partial charge in [-0.15, -0.1) is 0 Å². The lowest BCUT2D eigenvalue weighted by molar-refractivity contribution is 0.0689. The molecule has 0 atom stereocenters. The quantitative estimate of drug-likeness (QED) is 0.626. The molecule has 0 aliphatic carbocycles. The van der Waals surface area contributed by atoms with Crippen molar-refractivity contribution in [3.05, 3.63) is 65.1 Å². The first-order valence-electron chi connectivity index (χ1n) is 9.06. The highest BCUT2D eigenvalue weighted by Gasteiger charge is 2.12. The maximum atomic E-state index is 11.1. The van der Waals surface area contributed by atoms with E-state index in [9.17, 15) is 4.79 Å². The SMILES string of the molecule is COc1ccc(CN(C)c2ccc(Cn3nc(C(=O)O)cc3C)cn2)cc1OC. The first-order valence-corrected chi connectivity index (χ1v) is 9.06. The van der Waals surface area contributed by atoms with Crippen LogP contribution in [-0.2, 0) is 13.1 Å². The second kappa shape index (κ2) is 8.64. The highest BCUT2D eigenvalue weighted by Crippen LogP contribution is 2.28. The number of nitrogens with zero attached hydrogens (tertiary/aromatic N) is 4. The van der Waals surface area contributed by atoms with Crippen LogP contribution < -0.4 is 14.4 Å². The minimum atomic E-state index is -1.03. The van der Waals surface area contributed by atoms with Crippen molar-refractivity contribution in [1.29, 1.82) is 0 Å². The van der Waals surface area contributed by atoms with Crippen molar-refractivity contribution in [2.24, 2.45) is 0 Å². The van der Waals surface area contributed by atoms with Gasteiger partial charge in [0.25, 0.3) is 0 Å². The molecule has 152 valence electrons. The first-order chi connectivity index (χ1) is 13.9. The maximum absolute atomic E-state index is 11.1. The van der Waals surface area contributed by atoms with E-state index in [4.69, 9.17) is 14.6 Å². The van der Waals surface area contributed by atoms with Gasteiger partial charge < -0.3 is 19.5 Å². The van der Waals surface area contributed by atoms with Gasteiger partial charge in [-0.3, -0.25) is 4.68 Å². The van der Waals surface area contributed by atoms with Crippen LogP contribution in [0.5, 0.6) is 11.5 Å². The van der Waals surface area contributed by atoms with E-state index in [1.165, 1.54) is 0 Å². The van der Waals surface area contributed by atoms with Gasteiger partial charge in [-0.2, -0.15) is 5.10 Å². The van der Waals surface area contributed by atoms with Gasteiger partial charge in [-0.1, -0.05) is 12.1 Å². The molecule has 1 N–H and O–H groups in total. The molecule has 0 bridgehead atoms. The number of aryl methyl sites for hydroxylation is 1. The fraction of sp³-hybridized carbons (Fsp3) is 0.286. The number of benzene rings is 1. The molecule has 0 aliphatic heterocycles. The van der Waals surface area contributed by atoms with E-state index < -0.39 is 5.97 Å². The van der Waals surface area contributed by atoms with Gasteiger partial charge in [0.2, 0.25) is 0 Å². The summed E-state index contributed by atoms with van der Waals surface area (Å²) >= 11 is 0. The molecule has 2 aromatic heterocycles. The summed E-state index contributed by atoms with van der Waals surface area (Å²) in [6, 6.07) is 11.3. The number of hydrogen-bond donors (Lipinski definition) is 1. The highest BCUT2D eigenvalue weighted by atomic mass is 16.5. The number of aromatic nitrogens is 3. The predicted molar refractivity (Wildman–Crippen MR) is 109 cm³/mol. The molecule has 29 heavy (non-hydrogen) atoms. The van der Waals surface area contributed by atoms with Crippen molar-refractivity contribution in [3.8, 4) is 11.5 Å². The molecule has 0 aliphatic rings. The fourth-order valence-corrected chi connectivity index (χ4v) is 3.02. The van der Waals surface area contributed by atoms with E-state index in [1.807, 2.05) is 49.2 Å². The molecule has 0 saturated carbocycles. The molecule has 1 aromatic carbocycles. The minimum Gasteiger partial charge on any atom is -0.493 e. The maximum Gasteiger partial charge on any atom is 0.356 e. The third kappa shape index (κ3) is 4.66. The lowest BCUT2D eigenvalue weighted by atomic mass is 10.2. The van der Waals surface area contributed by atoms with Crippen LogP contribution in [0.25, 0.3) is 0 Å². The van der Waals surface area contributed by atoms with Gasteiger partial charge in [-0.05, 0) is 42.3 Å². The van der Waals surface area contributed by atoms with Crippen LogP contribution in [0.1, 0.15) is 27.3 Å². The molecule has 3 aromatic rings. The van der Waals surface area contributed by atoms with Crippen molar-refractivity contribution < 1.29 is 19.4 Å². The number of hydrogen-bond acceptors (Lipinski definition) is 6. The Morgan fingerprint density at radius 3 is 2.41 bits per heavy atom. The Balaban J connectivity index is 1.69. The molecule has 0 fully saturated rings. The topological polar surface area (TPSA) is 89.7 Å². The Kier molecular flexibility index (Phi) is 6.01. The standard InChI is InChI=1S/C21H24N4O4/c1-14-9-17(21(26)27)23-25(14)13-16-6-8-20(22-11-16)24(2)12-15-5-7-18(28-3)19(10-15)29-4/h5-11H,12-13H2,1-4H3,(H,26,27). The van der Waals surface area contributed by atoms with Crippen LogP contribution in [0.3, 0.4) is 0 Å². The number of methoxy groups -OCH3 is 2. The van der Waals surface area contributed by atoms with E-state index in [-0.39, 0.29) is 5.69 Å². The predicted octanol–water partition coefficient (Wildman–Crippen LogP) is 2.99. The normalized spacial score (nSPS) is 10.6. The average Bonchev–Trinajstić information content (AvgIpc) is 3.09. The zero-order chi connectivity index (χ0) is 21.0. The summed E-state index contributed by atoms with van der Waals surface area (Å²) in [5.74, 6) is 1.18.